The van der Waals surface area contributed by atoms with Crippen LogP contribution < -0.4 is 0 Å². The van der Waals surface area contributed by atoms with Gasteiger partial charge in [0.25, 0.3) is 0 Å². The van der Waals surface area contributed by atoms with Gasteiger partial charge in [-0.1, -0.05) is 29.8 Å². The van der Waals surface area contributed by atoms with E-state index < -0.39 is 12.2 Å². The fourth-order valence-electron chi connectivity index (χ4n) is 1.85. The van der Waals surface area contributed by atoms with Gasteiger partial charge in [-0.05, 0) is 31.7 Å². The highest BCUT2D eigenvalue weighted by atomic mass is 35.5. The lowest BCUT2D eigenvalue weighted by Gasteiger charge is -2.20. The number of hydrogen-bond donors (Lipinski definition) is 1. The predicted octanol–water partition coefficient (Wildman–Crippen LogP) is 3.11. The third-order valence-electron chi connectivity index (χ3n) is 3.14. The Balaban J connectivity index is 1.93. The van der Waals surface area contributed by atoms with Gasteiger partial charge in [-0.3, -0.25) is 4.79 Å². The van der Waals surface area contributed by atoms with Crippen molar-refractivity contribution in [3.8, 4) is 0 Å². The Labute approximate surface area is 112 Å². The molecule has 2 rings (SSSR count). The van der Waals surface area contributed by atoms with Crippen molar-refractivity contribution in [2.75, 3.05) is 0 Å². The third kappa shape index (κ3) is 3.47. The minimum atomic E-state index is -0.887. The van der Waals surface area contributed by atoms with Crippen LogP contribution in [0.4, 0.5) is 0 Å². The molecular weight excluding hydrogens is 252 g/mol. The first-order valence-corrected chi connectivity index (χ1v) is 6.57. The number of ether oxygens (including phenoxy) is 1. The van der Waals surface area contributed by atoms with Gasteiger partial charge >= 0.3 is 5.97 Å². The summed E-state index contributed by atoms with van der Waals surface area (Å²) in [5.41, 5.74) is 0.589. The maximum absolute atomic E-state index is 11.6. The third-order valence-corrected chi connectivity index (χ3v) is 3.48. The Morgan fingerprint density at radius 2 is 2.17 bits per heavy atom. The van der Waals surface area contributed by atoms with E-state index in [0.717, 1.165) is 12.8 Å². The number of halogens is 1. The first kappa shape index (κ1) is 13.4. The Morgan fingerprint density at radius 3 is 2.78 bits per heavy atom. The SMILES string of the molecule is C[C@@H](OC(=O)CC1CC1)[C@H](O)c1ccccc1Cl. The molecule has 0 heterocycles. The smallest absolute Gasteiger partial charge is 0.306 e. The minimum Gasteiger partial charge on any atom is -0.460 e. The molecule has 0 aliphatic heterocycles. The molecule has 0 saturated heterocycles. The first-order chi connectivity index (χ1) is 8.58. The van der Waals surface area contributed by atoms with E-state index in [2.05, 4.69) is 0 Å². The normalized spacial score (nSPS) is 18.2. The van der Waals surface area contributed by atoms with E-state index in [1.165, 1.54) is 0 Å². The molecule has 3 nitrogen and oxygen atoms in total. The molecule has 1 N–H and O–H groups in total. The van der Waals surface area contributed by atoms with E-state index in [-0.39, 0.29) is 5.97 Å². The number of hydrogen-bond acceptors (Lipinski definition) is 3. The van der Waals surface area contributed by atoms with Crippen LogP contribution in [0.2, 0.25) is 5.02 Å². The van der Waals surface area contributed by atoms with Gasteiger partial charge in [0, 0.05) is 17.0 Å². The van der Waals surface area contributed by atoms with Crippen LogP contribution in [-0.2, 0) is 9.53 Å². The largest absolute Gasteiger partial charge is 0.460 e. The standard InChI is InChI=1S/C14H17ClO3/c1-9(18-13(16)8-10-6-7-10)14(17)11-4-2-3-5-12(11)15/h2-5,9-10,14,17H,6-8H2,1H3/t9-,14+/m1/s1. The quantitative estimate of drug-likeness (QED) is 0.835. The zero-order chi connectivity index (χ0) is 13.1. The topological polar surface area (TPSA) is 46.5 Å². The summed E-state index contributed by atoms with van der Waals surface area (Å²) >= 11 is 5.99. The molecule has 1 aromatic rings. The molecule has 0 aromatic heterocycles. The first-order valence-electron chi connectivity index (χ1n) is 6.20. The van der Waals surface area contributed by atoms with Crippen molar-refractivity contribution in [1.82, 2.24) is 0 Å². The lowest BCUT2D eigenvalue weighted by atomic mass is 10.1. The van der Waals surface area contributed by atoms with Crippen LogP contribution in [0.5, 0.6) is 0 Å². The summed E-state index contributed by atoms with van der Waals surface area (Å²) in [6, 6.07) is 7.03. The molecule has 1 fully saturated rings. The maximum Gasteiger partial charge on any atom is 0.306 e. The summed E-state index contributed by atoms with van der Waals surface area (Å²) in [5, 5.41) is 10.6. The number of carbonyl (C=O) groups is 1. The number of benzene rings is 1. The number of aliphatic hydroxyl groups excluding tert-OH is 1. The van der Waals surface area contributed by atoms with Gasteiger partial charge in [-0.25, -0.2) is 0 Å². The zero-order valence-electron chi connectivity index (χ0n) is 10.3. The molecule has 1 aliphatic carbocycles. The number of carbonyl (C=O) groups excluding carboxylic acids is 1. The summed E-state index contributed by atoms with van der Waals surface area (Å²) < 4.78 is 5.22. The Kier molecular flexibility index (Phi) is 4.25. The van der Waals surface area contributed by atoms with Gasteiger partial charge in [0.1, 0.15) is 12.2 Å². The molecule has 0 bridgehead atoms. The molecule has 1 aliphatic rings. The van der Waals surface area contributed by atoms with E-state index in [1.54, 1.807) is 31.2 Å². The summed E-state index contributed by atoms with van der Waals surface area (Å²) in [7, 11) is 0. The fraction of sp³-hybridized carbons (Fsp3) is 0.500. The summed E-state index contributed by atoms with van der Waals surface area (Å²) in [6.45, 7) is 1.68. The van der Waals surface area contributed by atoms with Crippen LogP contribution in [-0.4, -0.2) is 17.2 Å². The molecule has 0 unspecified atom stereocenters. The molecular formula is C14H17ClO3. The van der Waals surface area contributed by atoms with Crippen molar-refractivity contribution in [3.63, 3.8) is 0 Å². The second kappa shape index (κ2) is 5.72. The maximum atomic E-state index is 11.6. The number of esters is 1. The fourth-order valence-corrected chi connectivity index (χ4v) is 2.09. The van der Waals surface area contributed by atoms with Crippen LogP contribution in [0.15, 0.2) is 24.3 Å². The summed E-state index contributed by atoms with van der Waals surface area (Å²) in [6.07, 6.45) is 1.20. The van der Waals surface area contributed by atoms with Crippen molar-refractivity contribution >= 4 is 17.6 Å². The lowest BCUT2D eigenvalue weighted by Crippen LogP contribution is -2.22. The van der Waals surface area contributed by atoms with E-state index in [9.17, 15) is 9.90 Å². The molecule has 0 amide bonds. The van der Waals surface area contributed by atoms with Crippen molar-refractivity contribution < 1.29 is 14.6 Å². The molecule has 0 spiro atoms. The van der Waals surface area contributed by atoms with Gasteiger partial charge in [-0.2, -0.15) is 0 Å². The van der Waals surface area contributed by atoms with E-state index >= 15 is 0 Å². The highest BCUT2D eigenvalue weighted by Gasteiger charge is 2.28. The van der Waals surface area contributed by atoms with Gasteiger partial charge in [0.15, 0.2) is 0 Å². The van der Waals surface area contributed by atoms with E-state index in [4.69, 9.17) is 16.3 Å². The molecule has 1 saturated carbocycles. The average molecular weight is 269 g/mol. The highest BCUT2D eigenvalue weighted by Crippen LogP contribution is 2.33. The van der Waals surface area contributed by atoms with Crippen molar-refractivity contribution in [2.45, 2.75) is 38.4 Å². The van der Waals surface area contributed by atoms with Crippen LogP contribution in [0.25, 0.3) is 0 Å². The minimum absolute atomic E-state index is 0.240. The van der Waals surface area contributed by atoms with Crippen LogP contribution in [0, 0.1) is 5.92 Å². The summed E-state index contributed by atoms with van der Waals surface area (Å²) in [5.74, 6) is 0.248. The van der Waals surface area contributed by atoms with Crippen LogP contribution in [0.1, 0.15) is 37.9 Å². The van der Waals surface area contributed by atoms with Crippen molar-refractivity contribution in [2.24, 2.45) is 5.92 Å². The van der Waals surface area contributed by atoms with Gasteiger partial charge in [-0.15, -0.1) is 0 Å². The molecule has 4 heteroatoms. The lowest BCUT2D eigenvalue weighted by molar-refractivity contribution is -0.154. The van der Waals surface area contributed by atoms with Crippen LogP contribution >= 0.6 is 11.6 Å². The molecule has 0 radical (unpaired) electrons. The Bertz CT molecular complexity index is 429. The number of aliphatic hydroxyl groups is 1. The Morgan fingerprint density at radius 1 is 1.50 bits per heavy atom. The molecule has 18 heavy (non-hydrogen) atoms. The second-order valence-corrected chi connectivity index (χ2v) is 5.22. The molecule has 2 atom stereocenters. The monoisotopic (exact) mass is 268 g/mol. The van der Waals surface area contributed by atoms with Crippen molar-refractivity contribution in [1.29, 1.82) is 0 Å². The van der Waals surface area contributed by atoms with Gasteiger partial charge in [0.05, 0.1) is 0 Å². The predicted molar refractivity (Wildman–Crippen MR) is 69.3 cm³/mol. The zero-order valence-corrected chi connectivity index (χ0v) is 11.1. The van der Waals surface area contributed by atoms with Crippen molar-refractivity contribution in [3.05, 3.63) is 34.9 Å². The van der Waals surface area contributed by atoms with Gasteiger partial charge < -0.3 is 9.84 Å². The van der Waals surface area contributed by atoms with Gasteiger partial charge in [0.2, 0.25) is 0 Å². The summed E-state index contributed by atoms with van der Waals surface area (Å²) in [4.78, 5) is 11.6. The highest BCUT2D eigenvalue weighted by molar-refractivity contribution is 6.31. The van der Waals surface area contributed by atoms with E-state index in [0.29, 0.717) is 22.9 Å². The van der Waals surface area contributed by atoms with E-state index in [1.807, 2.05) is 0 Å². The molecule has 1 aromatic carbocycles. The Hall–Kier alpha value is -1.06. The number of rotatable bonds is 5. The second-order valence-electron chi connectivity index (χ2n) is 4.81. The average Bonchev–Trinajstić information content (AvgIpc) is 3.12. The van der Waals surface area contributed by atoms with Crippen LogP contribution in [0.3, 0.4) is 0 Å². The molecule has 98 valence electrons.